The Kier molecular flexibility index (Phi) is 4.95. The number of nitrogens with one attached hydrogen (secondary N) is 1. The lowest BCUT2D eigenvalue weighted by Crippen LogP contribution is -2.29. The number of nitrogens with zero attached hydrogens (tertiary/aromatic N) is 1. The molecular weight excluding hydrogens is 346 g/mol. The molecule has 0 amide bonds. The first-order chi connectivity index (χ1) is 12.6. The average Bonchev–Trinajstić information content (AvgIpc) is 3.37. The van der Waals surface area contributed by atoms with E-state index in [0.717, 1.165) is 37.1 Å². The van der Waals surface area contributed by atoms with Crippen LogP contribution in [0.5, 0.6) is 11.5 Å². The Bertz CT molecular complexity index is 671. The fourth-order valence-corrected chi connectivity index (χ4v) is 3.56. The Morgan fingerprint density at radius 1 is 1.35 bits per heavy atom. The molecule has 0 saturated carbocycles. The van der Waals surface area contributed by atoms with Crippen LogP contribution in [0.4, 0.5) is 8.78 Å². The van der Waals surface area contributed by atoms with E-state index in [1.807, 2.05) is 0 Å². The zero-order valence-electron chi connectivity index (χ0n) is 14.4. The number of alkyl halides is 2. The van der Waals surface area contributed by atoms with E-state index < -0.39 is 6.61 Å². The average molecular weight is 368 g/mol. The van der Waals surface area contributed by atoms with Gasteiger partial charge in [-0.3, -0.25) is 0 Å². The highest BCUT2D eigenvalue weighted by atomic mass is 19.3. The van der Waals surface area contributed by atoms with Gasteiger partial charge in [0, 0.05) is 24.4 Å². The minimum Gasteiger partial charge on any atom is -0.488 e. The number of benzene rings is 1. The van der Waals surface area contributed by atoms with Gasteiger partial charge >= 0.3 is 6.61 Å². The van der Waals surface area contributed by atoms with Gasteiger partial charge in [0.05, 0.1) is 18.9 Å². The summed E-state index contributed by atoms with van der Waals surface area (Å²) in [7, 11) is 0. The van der Waals surface area contributed by atoms with Gasteiger partial charge in [-0.15, -0.1) is 0 Å². The Labute approximate surface area is 150 Å². The number of ether oxygens (including phenoxy) is 3. The summed E-state index contributed by atoms with van der Waals surface area (Å²) in [5.74, 6) is 0.322. The van der Waals surface area contributed by atoms with Crippen molar-refractivity contribution in [2.75, 3.05) is 26.4 Å². The van der Waals surface area contributed by atoms with Gasteiger partial charge in [0.25, 0.3) is 0 Å². The molecule has 0 aromatic heterocycles. The molecule has 1 aromatic carbocycles. The molecule has 3 aliphatic rings. The minimum absolute atomic E-state index is 0.0279. The van der Waals surface area contributed by atoms with Gasteiger partial charge in [-0.1, -0.05) is 5.16 Å². The number of oxime groups is 1. The maximum atomic E-state index is 12.7. The van der Waals surface area contributed by atoms with Crippen LogP contribution in [0.15, 0.2) is 23.4 Å². The summed E-state index contributed by atoms with van der Waals surface area (Å²) in [6.45, 7) is -0.370. The first-order valence-electron chi connectivity index (χ1n) is 8.92. The number of rotatable bonds is 6. The third kappa shape index (κ3) is 3.76. The topological polar surface area (TPSA) is 61.3 Å². The lowest BCUT2D eigenvalue weighted by atomic mass is 9.93. The van der Waals surface area contributed by atoms with Crippen LogP contribution in [0.1, 0.15) is 31.2 Å². The van der Waals surface area contributed by atoms with Crippen molar-refractivity contribution in [3.8, 4) is 11.5 Å². The molecule has 0 bridgehead atoms. The van der Waals surface area contributed by atoms with Crippen molar-refractivity contribution >= 4 is 5.71 Å². The number of hydrogen-bond donors (Lipinski definition) is 1. The molecule has 142 valence electrons. The van der Waals surface area contributed by atoms with Gasteiger partial charge in [0.1, 0.15) is 6.61 Å². The van der Waals surface area contributed by atoms with Crippen LogP contribution in [-0.4, -0.2) is 50.3 Å². The lowest BCUT2D eigenvalue weighted by Gasteiger charge is -2.18. The van der Waals surface area contributed by atoms with E-state index in [-0.39, 0.29) is 17.4 Å². The standard InChI is InChI=1S/C18H22F2N2O4/c19-17(20)25-15-4-3-12(8-16(15)24-10-13-2-1-6-21-13)14-9-18(26-22-14)5-7-23-11-18/h3-4,8,13,17,21H,1-2,5-7,9-11H2/t13-,18?/m0/s1. The van der Waals surface area contributed by atoms with Crippen molar-refractivity contribution in [2.24, 2.45) is 5.16 Å². The van der Waals surface area contributed by atoms with Crippen molar-refractivity contribution in [1.82, 2.24) is 5.32 Å². The maximum Gasteiger partial charge on any atom is 0.387 e. The smallest absolute Gasteiger partial charge is 0.387 e. The van der Waals surface area contributed by atoms with Gasteiger partial charge in [0.2, 0.25) is 0 Å². The zero-order chi connectivity index (χ0) is 18.0. The van der Waals surface area contributed by atoms with E-state index in [0.29, 0.717) is 32.0 Å². The molecule has 3 aliphatic heterocycles. The summed E-state index contributed by atoms with van der Waals surface area (Å²) < 4.78 is 41.2. The molecule has 2 atom stereocenters. The number of halogens is 2. The fourth-order valence-electron chi connectivity index (χ4n) is 3.56. The molecule has 2 fully saturated rings. The molecule has 1 spiro atoms. The largest absolute Gasteiger partial charge is 0.488 e. The van der Waals surface area contributed by atoms with E-state index in [2.05, 4.69) is 15.2 Å². The number of hydrogen-bond acceptors (Lipinski definition) is 6. The van der Waals surface area contributed by atoms with Gasteiger partial charge in [-0.05, 0) is 37.6 Å². The monoisotopic (exact) mass is 368 g/mol. The fraction of sp³-hybridized carbons (Fsp3) is 0.611. The predicted molar refractivity (Wildman–Crippen MR) is 90.0 cm³/mol. The quantitative estimate of drug-likeness (QED) is 0.837. The third-order valence-electron chi connectivity index (χ3n) is 5.00. The molecule has 0 radical (unpaired) electrons. The second kappa shape index (κ2) is 7.36. The first kappa shape index (κ1) is 17.5. The Morgan fingerprint density at radius 3 is 3.00 bits per heavy atom. The summed E-state index contributed by atoms with van der Waals surface area (Å²) in [5.41, 5.74) is 1.16. The zero-order valence-corrected chi connectivity index (χ0v) is 14.4. The van der Waals surface area contributed by atoms with Crippen LogP contribution >= 0.6 is 0 Å². The highest BCUT2D eigenvalue weighted by Gasteiger charge is 2.43. The van der Waals surface area contributed by atoms with Crippen LogP contribution in [-0.2, 0) is 9.57 Å². The molecule has 1 aromatic rings. The molecule has 2 saturated heterocycles. The molecule has 26 heavy (non-hydrogen) atoms. The Hall–Kier alpha value is -1.93. The molecule has 0 aliphatic carbocycles. The predicted octanol–water partition coefficient (Wildman–Crippen LogP) is 2.70. The summed E-state index contributed by atoms with van der Waals surface area (Å²) in [6.07, 6.45) is 3.52. The van der Waals surface area contributed by atoms with Crippen molar-refractivity contribution in [2.45, 2.75) is 43.9 Å². The summed E-state index contributed by atoms with van der Waals surface area (Å²) in [6, 6.07) is 5.13. The second-order valence-electron chi connectivity index (χ2n) is 6.94. The molecule has 8 heteroatoms. The van der Waals surface area contributed by atoms with Crippen molar-refractivity contribution in [3.05, 3.63) is 23.8 Å². The van der Waals surface area contributed by atoms with Crippen LogP contribution in [0.25, 0.3) is 0 Å². The molecule has 1 N–H and O–H groups in total. The van der Waals surface area contributed by atoms with E-state index in [1.54, 1.807) is 12.1 Å². The van der Waals surface area contributed by atoms with Gasteiger partial charge in [-0.25, -0.2) is 0 Å². The highest BCUT2D eigenvalue weighted by molar-refractivity contribution is 6.02. The van der Waals surface area contributed by atoms with Crippen LogP contribution in [0.3, 0.4) is 0 Å². The SMILES string of the molecule is FC(F)Oc1ccc(C2=NOC3(CCOC3)C2)cc1OC[C@@H]1CCCN1. The van der Waals surface area contributed by atoms with E-state index in [1.165, 1.54) is 6.07 Å². The lowest BCUT2D eigenvalue weighted by molar-refractivity contribution is -0.0515. The molecular formula is C18H22F2N2O4. The van der Waals surface area contributed by atoms with E-state index in [4.69, 9.17) is 14.3 Å². The van der Waals surface area contributed by atoms with Crippen LogP contribution in [0.2, 0.25) is 0 Å². The van der Waals surface area contributed by atoms with Crippen molar-refractivity contribution in [1.29, 1.82) is 0 Å². The van der Waals surface area contributed by atoms with Crippen LogP contribution in [0, 0.1) is 0 Å². The molecule has 3 heterocycles. The normalized spacial score (nSPS) is 27.8. The van der Waals surface area contributed by atoms with Crippen molar-refractivity contribution < 1.29 is 27.8 Å². The third-order valence-corrected chi connectivity index (χ3v) is 5.00. The van der Waals surface area contributed by atoms with E-state index in [9.17, 15) is 8.78 Å². The first-order valence-corrected chi connectivity index (χ1v) is 8.92. The summed E-state index contributed by atoms with van der Waals surface area (Å²) >= 11 is 0. The van der Waals surface area contributed by atoms with E-state index >= 15 is 0 Å². The minimum atomic E-state index is -2.90. The summed E-state index contributed by atoms with van der Waals surface area (Å²) in [5, 5.41) is 7.51. The Morgan fingerprint density at radius 2 is 2.27 bits per heavy atom. The molecule has 4 rings (SSSR count). The highest BCUT2D eigenvalue weighted by Crippen LogP contribution is 2.36. The van der Waals surface area contributed by atoms with Crippen molar-refractivity contribution in [3.63, 3.8) is 0 Å². The summed E-state index contributed by atoms with van der Waals surface area (Å²) in [4.78, 5) is 5.61. The second-order valence-corrected chi connectivity index (χ2v) is 6.94. The van der Waals surface area contributed by atoms with Gasteiger partial charge < -0.3 is 24.4 Å². The molecule has 6 nitrogen and oxygen atoms in total. The molecule has 1 unspecified atom stereocenters. The Balaban J connectivity index is 1.51. The van der Waals surface area contributed by atoms with Gasteiger partial charge in [0.15, 0.2) is 17.1 Å². The van der Waals surface area contributed by atoms with Gasteiger partial charge in [-0.2, -0.15) is 8.78 Å². The maximum absolute atomic E-state index is 12.7. The van der Waals surface area contributed by atoms with Crippen LogP contribution < -0.4 is 14.8 Å².